The number of hydrogen-bond acceptors (Lipinski definition) is 5. The van der Waals surface area contributed by atoms with E-state index in [-0.39, 0.29) is 23.7 Å². The second-order valence-electron chi connectivity index (χ2n) is 7.67. The van der Waals surface area contributed by atoms with E-state index in [4.69, 9.17) is 5.73 Å². The summed E-state index contributed by atoms with van der Waals surface area (Å²) in [5.74, 6) is -1.29. The van der Waals surface area contributed by atoms with Crippen LogP contribution < -0.4 is 11.1 Å². The van der Waals surface area contributed by atoms with Crippen LogP contribution in [0.4, 0.5) is 14.5 Å². The number of anilines is 1. The molecule has 0 atom stereocenters. The maximum Gasteiger partial charge on any atom is 0.267 e. The average molecular weight is 459 g/mol. The van der Waals surface area contributed by atoms with Gasteiger partial charge in [-0.2, -0.15) is 0 Å². The molecule has 170 valence electrons. The minimum absolute atomic E-state index is 0.0191. The first-order valence-electron chi connectivity index (χ1n) is 10.4. The van der Waals surface area contributed by atoms with Crippen LogP contribution in [0.1, 0.15) is 21.9 Å². The van der Waals surface area contributed by atoms with Gasteiger partial charge in [-0.1, -0.05) is 18.2 Å². The Balaban J connectivity index is 1.62. The third-order valence-electron chi connectivity index (χ3n) is 5.28. The van der Waals surface area contributed by atoms with Crippen molar-refractivity contribution in [2.45, 2.75) is 13.5 Å². The monoisotopic (exact) mass is 459 g/mol. The maximum absolute atomic E-state index is 14.9. The Labute approximate surface area is 192 Å². The zero-order chi connectivity index (χ0) is 23.8. The number of pyridine rings is 2. The van der Waals surface area contributed by atoms with Crippen molar-refractivity contribution in [3.05, 3.63) is 95.8 Å². The molecule has 34 heavy (non-hydrogen) atoms. The fourth-order valence-electron chi connectivity index (χ4n) is 3.70. The first-order chi connectivity index (χ1) is 16.4. The molecule has 4 heterocycles. The summed E-state index contributed by atoms with van der Waals surface area (Å²) in [6.07, 6.45) is 4.49. The van der Waals surface area contributed by atoms with Crippen LogP contribution in [0.3, 0.4) is 0 Å². The van der Waals surface area contributed by atoms with Gasteiger partial charge in [-0.05, 0) is 31.2 Å². The third-order valence-corrected chi connectivity index (χ3v) is 5.28. The van der Waals surface area contributed by atoms with Crippen molar-refractivity contribution in [2.24, 2.45) is 5.73 Å². The van der Waals surface area contributed by atoms with E-state index in [1.807, 2.05) is 19.1 Å². The number of para-hydroxylation sites is 1. The van der Waals surface area contributed by atoms with Crippen LogP contribution in [0.5, 0.6) is 0 Å². The van der Waals surface area contributed by atoms with Gasteiger partial charge in [0.1, 0.15) is 17.2 Å². The Kier molecular flexibility index (Phi) is 5.25. The lowest BCUT2D eigenvalue weighted by atomic mass is 10.3. The Bertz CT molecular complexity index is 1540. The molecule has 0 bridgehead atoms. The standard InChI is InChI=1S/C24H19F2N7O/c1-14-5-4-8-20(30-14)24-31-15(10-28-19-7-3-2-6-17(19)25)12-32(24)16-9-18(26)23-29-11-21(22(27)34)33(23)13-16/h2-9,11-13,28H,10H2,1H3,(H2,27,34). The second kappa shape index (κ2) is 8.39. The molecule has 1 aromatic carbocycles. The highest BCUT2D eigenvalue weighted by Gasteiger charge is 2.18. The number of aryl methyl sites for hydroxylation is 1. The highest BCUT2D eigenvalue weighted by atomic mass is 19.1. The molecule has 0 aliphatic rings. The summed E-state index contributed by atoms with van der Waals surface area (Å²) in [6.45, 7) is 2.07. The molecule has 4 aromatic heterocycles. The molecule has 0 saturated carbocycles. The zero-order valence-electron chi connectivity index (χ0n) is 18.0. The van der Waals surface area contributed by atoms with Crippen LogP contribution in [0.25, 0.3) is 22.9 Å². The molecule has 0 spiro atoms. The molecule has 3 N–H and O–H groups in total. The van der Waals surface area contributed by atoms with E-state index in [0.717, 1.165) is 5.69 Å². The topological polar surface area (TPSA) is 103 Å². The molecule has 8 nitrogen and oxygen atoms in total. The van der Waals surface area contributed by atoms with Gasteiger partial charge in [0, 0.05) is 24.2 Å². The molecule has 5 aromatic rings. The van der Waals surface area contributed by atoms with E-state index < -0.39 is 11.7 Å². The van der Waals surface area contributed by atoms with Gasteiger partial charge < -0.3 is 11.1 Å². The lowest BCUT2D eigenvalue weighted by Gasteiger charge is -2.10. The van der Waals surface area contributed by atoms with Crippen molar-refractivity contribution in [3.63, 3.8) is 0 Å². The van der Waals surface area contributed by atoms with Gasteiger partial charge in [0.05, 0.1) is 29.8 Å². The highest BCUT2D eigenvalue weighted by molar-refractivity contribution is 5.91. The summed E-state index contributed by atoms with van der Waals surface area (Å²) in [5.41, 5.74) is 8.09. The van der Waals surface area contributed by atoms with E-state index in [0.29, 0.717) is 28.6 Å². The normalized spacial score (nSPS) is 11.1. The average Bonchev–Trinajstić information content (AvgIpc) is 3.43. The number of halogens is 2. The predicted molar refractivity (Wildman–Crippen MR) is 122 cm³/mol. The summed E-state index contributed by atoms with van der Waals surface area (Å²) in [7, 11) is 0. The summed E-state index contributed by atoms with van der Waals surface area (Å²) in [4.78, 5) is 24.9. The van der Waals surface area contributed by atoms with Crippen molar-refractivity contribution in [3.8, 4) is 17.2 Å². The van der Waals surface area contributed by atoms with Crippen molar-refractivity contribution >= 4 is 17.2 Å². The number of nitrogens with two attached hydrogens (primary N) is 1. The van der Waals surface area contributed by atoms with Gasteiger partial charge in [0.2, 0.25) is 0 Å². The first-order valence-corrected chi connectivity index (χ1v) is 10.4. The molecule has 0 fully saturated rings. The molecule has 5 rings (SSSR count). The number of benzene rings is 1. The van der Waals surface area contributed by atoms with Gasteiger partial charge in [-0.15, -0.1) is 0 Å². The Morgan fingerprint density at radius 2 is 1.88 bits per heavy atom. The van der Waals surface area contributed by atoms with Crippen molar-refractivity contribution in [1.29, 1.82) is 0 Å². The zero-order valence-corrected chi connectivity index (χ0v) is 18.0. The number of hydrogen-bond donors (Lipinski definition) is 2. The van der Waals surface area contributed by atoms with E-state index in [9.17, 15) is 13.6 Å². The van der Waals surface area contributed by atoms with Crippen LogP contribution in [0, 0.1) is 18.6 Å². The predicted octanol–water partition coefficient (Wildman–Crippen LogP) is 3.88. The number of rotatable bonds is 6. The van der Waals surface area contributed by atoms with Gasteiger partial charge in [0.15, 0.2) is 17.3 Å². The van der Waals surface area contributed by atoms with Crippen molar-refractivity contribution < 1.29 is 13.6 Å². The van der Waals surface area contributed by atoms with E-state index >= 15 is 0 Å². The minimum atomic E-state index is -0.731. The summed E-state index contributed by atoms with van der Waals surface area (Å²) in [5, 5.41) is 3.02. The van der Waals surface area contributed by atoms with Crippen LogP contribution in [-0.2, 0) is 6.54 Å². The van der Waals surface area contributed by atoms with Gasteiger partial charge >= 0.3 is 0 Å². The molecule has 0 aliphatic heterocycles. The van der Waals surface area contributed by atoms with Crippen LogP contribution in [-0.4, -0.2) is 29.8 Å². The Morgan fingerprint density at radius 1 is 1.06 bits per heavy atom. The Morgan fingerprint density at radius 3 is 2.65 bits per heavy atom. The molecule has 0 aliphatic carbocycles. The summed E-state index contributed by atoms with van der Waals surface area (Å²) >= 11 is 0. The van der Waals surface area contributed by atoms with Crippen LogP contribution >= 0.6 is 0 Å². The number of primary amides is 1. The highest BCUT2D eigenvalue weighted by Crippen LogP contribution is 2.25. The van der Waals surface area contributed by atoms with Gasteiger partial charge in [-0.25, -0.2) is 23.7 Å². The number of nitrogens with one attached hydrogen (secondary N) is 1. The number of carbonyl (C=O) groups is 1. The van der Waals surface area contributed by atoms with Gasteiger partial charge in [-0.3, -0.25) is 13.8 Å². The quantitative estimate of drug-likeness (QED) is 0.401. The minimum Gasteiger partial charge on any atom is -0.377 e. The molecule has 0 saturated heterocycles. The lowest BCUT2D eigenvalue weighted by molar-refractivity contribution is 0.0994. The van der Waals surface area contributed by atoms with Gasteiger partial charge in [0.25, 0.3) is 5.91 Å². The number of amides is 1. The maximum atomic E-state index is 14.9. The van der Waals surface area contributed by atoms with E-state index in [1.54, 1.807) is 41.2 Å². The van der Waals surface area contributed by atoms with E-state index in [2.05, 4.69) is 20.3 Å². The fraction of sp³-hybridized carbons (Fsp3) is 0.0833. The first kappa shape index (κ1) is 21.3. The van der Waals surface area contributed by atoms with Crippen molar-refractivity contribution in [2.75, 3.05) is 5.32 Å². The lowest BCUT2D eigenvalue weighted by Crippen LogP contribution is -2.14. The Hall–Kier alpha value is -4.60. The second-order valence-corrected chi connectivity index (χ2v) is 7.67. The number of aromatic nitrogens is 5. The molecule has 10 heteroatoms. The smallest absolute Gasteiger partial charge is 0.267 e. The molecule has 1 amide bonds. The SMILES string of the molecule is Cc1cccc(-c2nc(CNc3ccccc3F)cn2-c2cc(F)c3ncc(C(N)=O)n3c2)n1. The molecule has 0 radical (unpaired) electrons. The number of imidazole rings is 2. The van der Waals surface area contributed by atoms with Crippen LogP contribution in [0.2, 0.25) is 0 Å². The molecular formula is C24H19F2N7O. The molecular weight excluding hydrogens is 440 g/mol. The summed E-state index contributed by atoms with van der Waals surface area (Å²) in [6, 6.07) is 13.1. The largest absolute Gasteiger partial charge is 0.377 e. The molecule has 0 unspecified atom stereocenters. The number of carbonyl (C=O) groups excluding carboxylic acids is 1. The number of fused-ring (bicyclic) bond motifs is 1. The number of nitrogens with zero attached hydrogens (tertiary/aromatic N) is 5. The fourth-order valence-corrected chi connectivity index (χ4v) is 3.70. The summed E-state index contributed by atoms with van der Waals surface area (Å²) < 4.78 is 31.9. The van der Waals surface area contributed by atoms with Crippen molar-refractivity contribution in [1.82, 2.24) is 23.9 Å². The third kappa shape index (κ3) is 3.85. The van der Waals surface area contributed by atoms with E-state index in [1.165, 1.54) is 22.7 Å². The van der Waals surface area contributed by atoms with Crippen LogP contribution in [0.15, 0.2) is 67.1 Å².